The summed E-state index contributed by atoms with van der Waals surface area (Å²) in [6.07, 6.45) is 3.56. The van der Waals surface area contributed by atoms with Gasteiger partial charge in [0.05, 0.1) is 17.1 Å². The molecule has 2 N–H and O–H groups in total. The molecule has 7 heteroatoms. The number of carbonyl (C=O) groups excluding carboxylic acids is 1. The van der Waals surface area contributed by atoms with Crippen LogP contribution in [0.25, 0.3) is 11.0 Å². The topological polar surface area (TPSA) is 89.1 Å². The van der Waals surface area contributed by atoms with E-state index in [1.165, 1.54) is 6.33 Å². The Morgan fingerprint density at radius 3 is 3.00 bits per heavy atom. The normalized spacial score (nSPS) is 16.6. The Hall–Kier alpha value is -2.93. The smallest absolute Gasteiger partial charge is 0.260 e. The fraction of sp³-hybridized carbons (Fsp3) is 0.350. The zero-order valence-corrected chi connectivity index (χ0v) is 15.4. The van der Waals surface area contributed by atoms with Gasteiger partial charge in [0, 0.05) is 12.3 Å². The minimum absolute atomic E-state index is 0.0908. The van der Waals surface area contributed by atoms with Crippen molar-refractivity contribution in [2.24, 2.45) is 0 Å². The van der Waals surface area contributed by atoms with Gasteiger partial charge in [0.15, 0.2) is 0 Å². The number of nitrogens with zero attached hydrogens (tertiary/aromatic N) is 2. The number of amides is 1. The van der Waals surface area contributed by atoms with Crippen LogP contribution in [0, 0.1) is 13.8 Å². The summed E-state index contributed by atoms with van der Waals surface area (Å²) in [5.41, 5.74) is 3.19. The molecule has 1 amide bonds. The van der Waals surface area contributed by atoms with E-state index in [-0.39, 0.29) is 12.0 Å². The fourth-order valence-corrected chi connectivity index (χ4v) is 3.30. The number of ether oxygens (including phenoxy) is 2. The van der Waals surface area contributed by atoms with Crippen LogP contribution < -0.4 is 10.1 Å². The molecule has 0 bridgehead atoms. The molecule has 1 fully saturated rings. The summed E-state index contributed by atoms with van der Waals surface area (Å²) >= 11 is 0. The lowest BCUT2D eigenvalue weighted by atomic mass is 10.1. The van der Waals surface area contributed by atoms with Crippen molar-refractivity contribution in [1.82, 2.24) is 15.0 Å². The van der Waals surface area contributed by atoms with Crippen LogP contribution in [-0.2, 0) is 4.74 Å². The standard InChI is InChI=1S/C20H22N4O3/c1-12-13(2)23-18-17(12)19(22-11-21-18)24-20(25)15-7-3-4-8-16(15)27-10-14-6-5-9-26-14/h3-4,7-8,11,14H,5-6,9-10H2,1-2H3,(H2,21,22,23,24,25). The van der Waals surface area contributed by atoms with Gasteiger partial charge in [-0.1, -0.05) is 12.1 Å². The Kier molecular flexibility index (Phi) is 4.77. The Labute approximate surface area is 157 Å². The highest BCUT2D eigenvalue weighted by Crippen LogP contribution is 2.27. The molecule has 4 rings (SSSR count). The van der Waals surface area contributed by atoms with Gasteiger partial charge in [-0.3, -0.25) is 4.79 Å². The Morgan fingerprint density at radius 2 is 2.19 bits per heavy atom. The predicted octanol–water partition coefficient (Wildman–Crippen LogP) is 3.38. The van der Waals surface area contributed by atoms with E-state index in [1.807, 2.05) is 26.0 Å². The number of para-hydroxylation sites is 1. The van der Waals surface area contributed by atoms with Gasteiger partial charge in [-0.25, -0.2) is 9.97 Å². The number of anilines is 1. The van der Waals surface area contributed by atoms with Gasteiger partial charge in [-0.05, 0) is 44.4 Å². The van der Waals surface area contributed by atoms with Crippen LogP contribution in [0.3, 0.4) is 0 Å². The number of benzene rings is 1. The van der Waals surface area contributed by atoms with Crippen molar-refractivity contribution in [1.29, 1.82) is 0 Å². The number of hydrogen-bond donors (Lipinski definition) is 2. The molecule has 1 unspecified atom stereocenters. The molecule has 1 aliphatic heterocycles. The van der Waals surface area contributed by atoms with Gasteiger partial charge in [-0.2, -0.15) is 0 Å². The van der Waals surface area contributed by atoms with Crippen molar-refractivity contribution < 1.29 is 14.3 Å². The Bertz CT molecular complexity index is 977. The van der Waals surface area contributed by atoms with Crippen LogP contribution in [0.1, 0.15) is 34.5 Å². The summed E-state index contributed by atoms with van der Waals surface area (Å²) in [6.45, 7) is 5.16. The maximum absolute atomic E-state index is 12.9. The molecule has 1 aromatic carbocycles. The Balaban J connectivity index is 1.57. The largest absolute Gasteiger partial charge is 0.490 e. The summed E-state index contributed by atoms with van der Waals surface area (Å²) in [5.74, 6) is 0.759. The maximum atomic E-state index is 12.9. The van der Waals surface area contributed by atoms with Crippen molar-refractivity contribution in [2.75, 3.05) is 18.5 Å². The number of aromatic nitrogens is 3. The number of nitrogens with one attached hydrogen (secondary N) is 2. The molecule has 0 saturated carbocycles. The highest BCUT2D eigenvalue weighted by atomic mass is 16.5. The molecule has 0 spiro atoms. The minimum atomic E-state index is -0.267. The zero-order valence-electron chi connectivity index (χ0n) is 15.4. The minimum Gasteiger partial charge on any atom is -0.490 e. The van der Waals surface area contributed by atoms with Gasteiger partial charge in [0.25, 0.3) is 5.91 Å². The van der Waals surface area contributed by atoms with Crippen LogP contribution in [-0.4, -0.2) is 40.2 Å². The third kappa shape index (κ3) is 3.50. The first-order valence-electron chi connectivity index (χ1n) is 9.08. The first-order chi connectivity index (χ1) is 13.1. The van der Waals surface area contributed by atoms with Crippen LogP contribution in [0.5, 0.6) is 5.75 Å². The molecular formula is C20H22N4O3. The van der Waals surface area contributed by atoms with E-state index in [0.717, 1.165) is 36.1 Å². The van der Waals surface area contributed by atoms with E-state index >= 15 is 0 Å². The van der Waals surface area contributed by atoms with E-state index in [1.54, 1.807) is 12.1 Å². The molecule has 3 aromatic rings. The number of hydrogen-bond acceptors (Lipinski definition) is 5. The van der Waals surface area contributed by atoms with Gasteiger partial charge >= 0.3 is 0 Å². The molecule has 27 heavy (non-hydrogen) atoms. The van der Waals surface area contributed by atoms with Gasteiger partial charge < -0.3 is 19.8 Å². The molecule has 1 aliphatic rings. The molecule has 0 aliphatic carbocycles. The second-order valence-corrected chi connectivity index (χ2v) is 6.72. The van der Waals surface area contributed by atoms with Crippen LogP contribution >= 0.6 is 0 Å². The van der Waals surface area contributed by atoms with Crippen molar-refractivity contribution in [3.63, 3.8) is 0 Å². The second kappa shape index (κ2) is 7.36. The van der Waals surface area contributed by atoms with E-state index in [9.17, 15) is 4.79 Å². The van der Waals surface area contributed by atoms with Crippen LogP contribution in [0.15, 0.2) is 30.6 Å². The highest BCUT2D eigenvalue weighted by Gasteiger charge is 2.20. The van der Waals surface area contributed by atoms with Crippen molar-refractivity contribution in [3.05, 3.63) is 47.4 Å². The van der Waals surface area contributed by atoms with Gasteiger partial charge in [0.1, 0.15) is 30.1 Å². The number of fused-ring (bicyclic) bond motifs is 1. The molecule has 2 aromatic heterocycles. The predicted molar refractivity (Wildman–Crippen MR) is 102 cm³/mol. The number of carbonyl (C=O) groups is 1. The fourth-order valence-electron chi connectivity index (χ4n) is 3.30. The quantitative estimate of drug-likeness (QED) is 0.722. The number of aryl methyl sites for hydroxylation is 2. The highest BCUT2D eigenvalue weighted by molar-refractivity contribution is 6.09. The lowest BCUT2D eigenvalue weighted by Crippen LogP contribution is -2.19. The number of rotatable bonds is 5. The molecule has 3 heterocycles. The zero-order chi connectivity index (χ0) is 18.8. The molecule has 1 atom stereocenters. The number of aromatic amines is 1. The monoisotopic (exact) mass is 366 g/mol. The number of H-pyrrole nitrogens is 1. The first kappa shape index (κ1) is 17.5. The Morgan fingerprint density at radius 1 is 1.33 bits per heavy atom. The van der Waals surface area contributed by atoms with Crippen LogP contribution in [0.2, 0.25) is 0 Å². The SMILES string of the molecule is Cc1[nH]c2ncnc(NC(=O)c3ccccc3OCC3CCCO3)c2c1C. The van der Waals surface area contributed by atoms with Crippen molar-refractivity contribution >= 4 is 22.8 Å². The third-order valence-corrected chi connectivity index (χ3v) is 4.90. The summed E-state index contributed by atoms with van der Waals surface area (Å²) in [7, 11) is 0. The lowest BCUT2D eigenvalue weighted by Gasteiger charge is -2.14. The summed E-state index contributed by atoms with van der Waals surface area (Å²) < 4.78 is 11.5. The van der Waals surface area contributed by atoms with E-state index < -0.39 is 0 Å². The summed E-state index contributed by atoms with van der Waals surface area (Å²) in [6, 6.07) is 7.21. The molecular weight excluding hydrogens is 344 g/mol. The van der Waals surface area contributed by atoms with Gasteiger partial charge in [0.2, 0.25) is 0 Å². The maximum Gasteiger partial charge on any atom is 0.260 e. The van der Waals surface area contributed by atoms with E-state index in [0.29, 0.717) is 29.4 Å². The average Bonchev–Trinajstić information content (AvgIpc) is 3.29. The summed E-state index contributed by atoms with van der Waals surface area (Å²) in [5, 5.41) is 3.72. The molecule has 1 saturated heterocycles. The van der Waals surface area contributed by atoms with E-state index in [2.05, 4.69) is 20.3 Å². The third-order valence-electron chi connectivity index (χ3n) is 4.90. The first-order valence-corrected chi connectivity index (χ1v) is 9.08. The lowest BCUT2D eigenvalue weighted by molar-refractivity contribution is 0.0673. The van der Waals surface area contributed by atoms with Gasteiger partial charge in [-0.15, -0.1) is 0 Å². The van der Waals surface area contributed by atoms with Crippen molar-refractivity contribution in [2.45, 2.75) is 32.8 Å². The van der Waals surface area contributed by atoms with E-state index in [4.69, 9.17) is 9.47 Å². The molecule has 0 radical (unpaired) electrons. The van der Waals surface area contributed by atoms with Crippen molar-refractivity contribution in [3.8, 4) is 5.75 Å². The summed E-state index contributed by atoms with van der Waals surface area (Å²) in [4.78, 5) is 24.6. The van der Waals surface area contributed by atoms with Crippen LogP contribution in [0.4, 0.5) is 5.82 Å². The molecule has 140 valence electrons. The average molecular weight is 366 g/mol. The molecule has 7 nitrogen and oxygen atoms in total. The second-order valence-electron chi connectivity index (χ2n) is 6.72.